The monoisotopic (exact) mass is 252 g/mol. The van der Waals surface area contributed by atoms with E-state index >= 15 is 0 Å². The number of unbranched alkanes of at least 4 members (excludes halogenated alkanes) is 11. The van der Waals surface area contributed by atoms with E-state index in [0.717, 1.165) is 12.7 Å². The van der Waals surface area contributed by atoms with Gasteiger partial charge in [0.25, 0.3) is 0 Å². The summed E-state index contributed by atoms with van der Waals surface area (Å²) in [6.45, 7) is 2.27. The van der Waals surface area contributed by atoms with E-state index in [1.165, 1.54) is 70.6 Å². The first kappa shape index (κ1) is 17.4. The molecule has 0 aromatic rings. The summed E-state index contributed by atoms with van der Waals surface area (Å²) >= 11 is 0. The first-order valence-corrected chi connectivity index (χ1v) is 8.00. The van der Waals surface area contributed by atoms with Gasteiger partial charge in [-0.2, -0.15) is 0 Å². The van der Waals surface area contributed by atoms with Crippen LogP contribution in [0.4, 0.5) is 0 Å². The minimum absolute atomic E-state index is 0.675. The minimum atomic E-state index is 0.675. The second-order valence-electron chi connectivity index (χ2n) is 5.19. The van der Waals surface area contributed by atoms with Gasteiger partial charge in [-0.15, -0.1) is 0 Å². The Hall–Kier alpha value is -0.590. The largest absolute Gasteiger partial charge is 0.303 e. The van der Waals surface area contributed by atoms with Crippen molar-refractivity contribution in [3.05, 3.63) is 12.2 Å². The quantitative estimate of drug-likeness (QED) is 0.216. The Bertz CT molecular complexity index is 184. The molecule has 0 saturated carbocycles. The molecule has 0 unspecified atom stereocenters. The van der Waals surface area contributed by atoms with E-state index in [1.807, 2.05) is 0 Å². The topological polar surface area (TPSA) is 17.1 Å². The maximum atomic E-state index is 10.1. The zero-order chi connectivity index (χ0) is 13.3. The molecule has 106 valence electrons. The summed E-state index contributed by atoms with van der Waals surface area (Å²) in [4.78, 5) is 10.1. The molecule has 18 heavy (non-hydrogen) atoms. The summed E-state index contributed by atoms with van der Waals surface area (Å²) in [6.07, 6.45) is 22.1. The van der Waals surface area contributed by atoms with E-state index in [0.29, 0.717) is 6.42 Å². The Kier molecular flexibility index (Phi) is 15.9. The Morgan fingerprint density at radius 3 is 1.67 bits per heavy atom. The molecule has 0 N–H and O–H groups in total. The van der Waals surface area contributed by atoms with E-state index in [4.69, 9.17) is 0 Å². The van der Waals surface area contributed by atoms with Crippen molar-refractivity contribution in [2.24, 2.45) is 0 Å². The summed E-state index contributed by atoms with van der Waals surface area (Å²) in [6, 6.07) is 0. The molecule has 0 bridgehead atoms. The smallest absolute Gasteiger partial charge is 0.120 e. The van der Waals surface area contributed by atoms with Crippen LogP contribution in [-0.4, -0.2) is 6.29 Å². The van der Waals surface area contributed by atoms with Crippen LogP contribution in [0, 0.1) is 0 Å². The molecule has 0 spiro atoms. The predicted octanol–water partition coefficient (Wildman–Crippen LogP) is 5.83. The van der Waals surface area contributed by atoms with Gasteiger partial charge in [-0.25, -0.2) is 0 Å². The molecular formula is C17H32O. The number of carbonyl (C=O) groups is 1. The molecule has 0 fully saturated rings. The molecule has 0 aromatic heterocycles. The zero-order valence-corrected chi connectivity index (χ0v) is 12.3. The van der Waals surface area contributed by atoms with Gasteiger partial charge in [0.1, 0.15) is 6.29 Å². The normalized spacial score (nSPS) is 11.2. The van der Waals surface area contributed by atoms with Crippen LogP contribution in [0.25, 0.3) is 0 Å². The van der Waals surface area contributed by atoms with Crippen LogP contribution in [-0.2, 0) is 4.79 Å². The summed E-state index contributed by atoms with van der Waals surface area (Å²) < 4.78 is 0. The van der Waals surface area contributed by atoms with Gasteiger partial charge in [0.2, 0.25) is 0 Å². The van der Waals surface area contributed by atoms with E-state index in [2.05, 4.69) is 19.1 Å². The van der Waals surface area contributed by atoms with Gasteiger partial charge in [-0.1, -0.05) is 76.9 Å². The van der Waals surface area contributed by atoms with E-state index in [-0.39, 0.29) is 0 Å². The number of hydrogen-bond acceptors (Lipinski definition) is 1. The van der Waals surface area contributed by atoms with Crippen molar-refractivity contribution in [1.82, 2.24) is 0 Å². The molecule has 0 aliphatic rings. The lowest BCUT2D eigenvalue weighted by Gasteiger charge is -2.01. The highest BCUT2D eigenvalue weighted by molar-refractivity contribution is 5.49. The third-order valence-corrected chi connectivity index (χ3v) is 3.34. The Labute approximate surface area is 114 Å². The fourth-order valence-electron chi connectivity index (χ4n) is 2.15. The minimum Gasteiger partial charge on any atom is -0.303 e. The average molecular weight is 252 g/mol. The van der Waals surface area contributed by atoms with Crippen LogP contribution < -0.4 is 0 Å². The van der Waals surface area contributed by atoms with Crippen molar-refractivity contribution in [1.29, 1.82) is 0 Å². The van der Waals surface area contributed by atoms with E-state index in [9.17, 15) is 4.79 Å². The summed E-state index contributed by atoms with van der Waals surface area (Å²) in [5.41, 5.74) is 0. The van der Waals surface area contributed by atoms with Crippen molar-refractivity contribution in [2.75, 3.05) is 0 Å². The maximum Gasteiger partial charge on any atom is 0.120 e. The van der Waals surface area contributed by atoms with Crippen LogP contribution in [0.3, 0.4) is 0 Å². The molecule has 0 aliphatic heterocycles. The maximum absolute atomic E-state index is 10.1. The summed E-state index contributed by atoms with van der Waals surface area (Å²) in [7, 11) is 0. The number of allylic oxidation sites excluding steroid dienone is 2. The van der Waals surface area contributed by atoms with Gasteiger partial charge in [-0.3, -0.25) is 0 Å². The molecule has 0 saturated heterocycles. The van der Waals surface area contributed by atoms with Crippen LogP contribution >= 0.6 is 0 Å². The summed E-state index contributed by atoms with van der Waals surface area (Å²) in [5, 5.41) is 0. The van der Waals surface area contributed by atoms with Gasteiger partial charge in [-0.05, 0) is 19.3 Å². The molecule has 0 aromatic carbocycles. The Balaban J connectivity index is 2.98. The Morgan fingerprint density at radius 2 is 1.11 bits per heavy atom. The predicted molar refractivity (Wildman–Crippen MR) is 80.9 cm³/mol. The third-order valence-electron chi connectivity index (χ3n) is 3.34. The fraction of sp³-hybridized carbons (Fsp3) is 0.824. The van der Waals surface area contributed by atoms with E-state index < -0.39 is 0 Å². The Morgan fingerprint density at radius 1 is 0.611 bits per heavy atom. The third kappa shape index (κ3) is 15.4. The molecule has 0 atom stereocenters. The molecule has 0 rings (SSSR count). The molecule has 1 nitrogen and oxygen atoms in total. The van der Waals surface area contributed by atoms with Crippen molar-refractivity contribution < 1.29 is 4.79 Å². The van der Waals surface area contributed by atoms with Crippen molar-refractivity contribution >= 4 is 6.29 Å². The first-order valence-electron chi connectivity index (χ1n) is 8.00. The van der Waals surface area contributed by atoms with Crippen LogP contribution in [0.15, 0.2) is 12.2 Å². The molecule has 0 radical (unpaired) electrons. The lowest BCUT2D eigenvalue weighted by molar-refractivity contribution is -0.107. The highest BCUT2D eigenvalue weighted by Gasteiger charge is 1.91. The number of hydrogen-bond donors (Lipinski definition) is 0. The van der Waals surface area contributed by atoms with Crippen molar-refractivity contribution in [3.8, 4) is 0 Å². The van der Waals surface area contributed by atoms with Crippen molar-refractivity contribution in [2.45, 2.75) is 90.4 Å². The second-order valence-corrected chi connectivity index (χ2v) is 5.19. The van der Waals surface area contributed by atoms with Crippen LogP contribution in [0.5, 0.6) is 0 Å². The first-order chi connectivity index (χ1) is 8.91. The molecule has 0 aliphatic carbocycles. The molecular weight excluding hydrogens is 220 g/mol. The second kappa shape index (κ2) is 16.4. The van der Waals surface area contributed by atoms with E-state index in [1.54, 1.807) is 0 Å². The molecule has 0 amide bonds. The van der Waals surface area contributed by atoms with Gasteiger partial charge in [0.05, 0.1) is 0 Å². The standard InChI is InChI=1S/C17H32O/c1-2-3-4-5-6-7-8-9-10-11-12-13-14-15-16-17-18/h13-14,17H,2-12,15-16H2,1H3/b14-13-. The van der Waals surface area contributed by atoms with Gasteiger partial charge < -0.3 is 4.79 Å². The number of aldehydes is 1. The average Bonchev–Trinajstić information content (AvgIpc) is 2.39. The highest BCUT2D eigenvalue weighted by Crippen LogP contribution is 2.11. The van der Waals surface area contributed by atoms with Gasteiger partial charge in [0, 0.05) is 6.42 Å². The lowest BCUT2D eigenvalue weighted by atomic mass is 10.1. The van der Waals surface area contributed by atoms with Crippen LogP contribution in [0.2, 0.25) is 0 Å². The highest BCUT2D eigenvalue weighted by atomic mass is 16.1. The number of carbonyl (C=O) groups excluding carboxylic acids is 1. The SMILES string of the molecule is CCCCCCCCCCCC/C=C\CCC=O. The number of rotatable bonds is 14. The van der Waals surface area contributed by atoms with Crippen LogP contribution in [0.1, 0.15) is 90.4 Å². The van der Waals surface area contributed by atoms with Gasteiger partial charge in [0.15, 0.2) is 0 Å². The zero-order valence-electron chi connectivity index (χ0n) is 12.3. The molecule has 0 heterocycles. The van der Waals surface area contributed by atoms with Crippen molar-refractivity contribution in [3.63, 3.8) is 0 Å². The fourth-order valence-corrected chi connectivity index (χ4v) is 2.15. The summed E-state index contributed by atoms with van der Waals surface area (Å²) in [5.74, 6) is 0. The molecule has 1 heteroatoms. The van der Waals surface area contributed by atoms with Gasteiger partial charge >= 0.3 is 0 Å². The lowest BCUT2D eigenvalue weighted by Crippen LogP contribution is -1.81.